The Morgan fingerprint density at radius 2 is 2.19 bits per heavy atom. The van der Waals surface area contributed by atoms with Gasteiger partial charge in [0, 0.05) is 18.4 Å². The molecule has 3 N–H and O–H groups in total. The lowest BCUT2D eigenvalue weighted by Gasteiger charge is -2.22. The molecule has 0 spiro atoms. The molecular formula is C11H15N7O2S. The Labute approximate surface area is 121 Å². The van der Waals surface area contributed by atoms with Crippen LogP contribution < -0.4 is 11.1 Å². The zero-order valence-corrected chi connectivity index (χ0v) is 12.0. The minimum atomic E-state index is -3.00. The van der Waals surface area contributed by atoms with Crippen LogP contribution >= 0.6 is 0 Å². The minimum Gasteiger partial charge on any atom is -0.368 e. The number of sulfone groups is 1. The molecule has 0 saturated carbocycles. The van der Waals surface area contributed by atoms with E-state index in [0.717, 1.165) is 6.42 Å². The summed E-state index contributed by atoms with van der Waals surface area (Å²) in [7, 11) is -3.00. The van der Waals surface area contributed by atoms with Crippen LogP contribution in [0.15, 0.2) is 18.5 Å². The van der Waals surface area contributed by atoms with Gasteiger partial charge in [0.15, 0.2) is 9.84 Å². The predicted octanol–water partition coefficient (Wildman–Crippen LogP) is -0.371. The van der Waals surface area contributed by atoms with E-state index in [9.17, 15) is 8.42 Å². The summed E-state index contributed by atoms with van der Waals surface area (Å²) in [6.45, 7) is 0. The van der Waals surface area contributed by atoms with Gasteiger partial charge >= 0.3 is 0 Å². The molecule has 0 bridgehead atoms. The van der Waals surface area contributed by atoms with Gasteiger partial charge in [0.05, 0.1) is 11.5 Å². The van der Waals surface area contributed by atoms with Crippen molar-refractivity contribution in [1.29, 1.82) is 0 Å². The number of nitrogens with zero attached hydrogens (tertiary/aromatic N) is 5. The highest BCUT2D eigenvalue weighted by Crippen LogP contribution is 2.16. The monoisotopic (exact) mass is 309 g/mol. The zero-order valence-electron chi connectivity index (χ0n) is 11.2. The maximum atomic E-state index is 11.6. The van der Waals surface area contributed by atoms with Crippen molar-refractivity contribution in [1.82, 2.24) is 24.7 Å². The van der Waals surface area contributed by atoms with Crippen molar-refractivity contribution in [2.24, 2.45) is 0 Å². The summed E-state index contributed by atoms with van der Waals surface area (Å²) in [6, 6.07) is 1.52. The van der Waals surface area contributed by atoms with Gasteiger partial charge in [0.25, 0.3) is 5.95 Å². The van der Waals surface area contributed by atoms with E-state index in [4.69, 9.17) is 5.73 Å². The summed E-state index contributed by atoms with van der Waals surface area (Å²) in [5.74, 6) is 0.916. The van der Waals surface area contributed by atoms with E-state index in [0.29, 0.717) is 6.42 Å². The van der Waals surface area contributed by atoms with Crippen molar-refractivity contribution in [3.63, 3.8) is 0 Å². The average molecular weight is 309 g/mol. The second kappa shape index (κ2) is 5.28. The molecule has 112 valence electrons. The van der Waals surface area contributed by atoms with Gasteiger partial charge in [-0.3, -0.25) is 0 Å². The smallest absolute Gasteiger partial charge is 0.257 e. The lowest BCUT2D eigenvalue weighted by Crippen LogP contribution is -2.35. The van der Waals surface area contributed by atoms with Crippen molar-refractivity contribution < 1.29 is 8.42 Å². The summed E-state index contributed by atoms with van der Waals surface area (Å²) in [5, 5.41) is 7.04. The summed E-state index contributed by atoms with van der Waals surface area (Å²) in [6.07, 6.45) is 4.67. The molecule has 0 amide bonds. The molecule has 1 atom stereocenters. The normalized spacial score (nSPS) is 21.0. The van der Waals surface area contributed by atoms with Crippen LogP contribution in [0.1, 0.15) is 12.8 Å². The first kappa shape index (κ1) is 13.7. The summed E-state index contributed by atoms with van der Waals surface area (Å²) >= 11 is 0. The highest BCUT2D eigenvalue weighted by molar-refractivity contribution is 7.91. The van der Waals surface area contributed by atoms with Crippen molar-refractivity contribution in [3.05, 3.63) is 18.5 Å². The number of hydrogen-bond donors (Lipinski definition) is 2. The molecule has 0 aromatic carbocycles. The van der Waals surface area contributed by atoms with Crippen LogP contribution in [0, 0.1) is 0 Å². The highest BCUT2D eigenvalue weighted by Gasteiger charge is 2.25. The topological polar surface area (TPSA) is 129 Å². The largest absolute Gasteiger partial charge is 0.368 e. The van der Waals surface area contributed by atoms with Crippen LogP contribution in [0.4, 0.5) is 11.9 Å². The Bertz CT molecular complexity index is 729. The van der Waals surface area contributed by atoms with E-state index >= 15 is 0 Å². The molecule has 1 fully saturated rings. The lowest BCUT2D eigenvalue weighted by molar-refractivity contribution is 0.561. The fraction of sp³-hybridized carbons (Fsp3) is 0.455. The van der Waals surface area contributed by atoms with E-state index in [1.54, 1.807) is 18.5 Å². The van der Waals surface area contributed by atoms with Gasteiger partial charge in [-0.2, -0.15) is 20.1 Å². The van der Waals surface area contributed by atoms with E-state index in [2.05, 4.69) is 25.4 Å². The Balaban J connectivity index is 1.82. The molecule has 1 unspecified atom stereocenters. The molecule has 0 radical (unpaired) electrons. The van der Waals surface area contributed by atoms with Gasteiger partial charge < -0.3 is 11.1 Å². The molecule has 3 rings (SSSR count). The van der Waals surface area contributed by atoms with Gasteiger partial charge in [-0.1, -0.05) is 0 Å². The van der Waals surface area contributed by atoms with E-state index in [-0.39, 0.29) is 35.4 Å². The van der Waals surface area contributed by atoms with Crippen molar-refractivity contribution in [3.8, 4) is 5.95 Å². The van der Waals surface area contributed by atoms with Gasteiger partial charge in [-0.15, -0.1) is 0 Å². The predicted molar refractivity (Wildman–Crippen MR) is 76.7 cm³/mol. The van der Waals surface area contributed by atoms with Gasteiger partial charge in [-0.05, 0) is 18.9 Å². The van der Waals surface area contributed by atoms with E-state index < -0.39 is 9.84 Å². The number of rotatable bonds is 3. The number of nitrogens with two attached hydrogens (primary N) is 1. The first-order valence-electron chi connectivity index (χ1n) is 6.50. The van der Waals surface area contributed by atoms with Gasteiger partial charge in [-0.25, -0.2) is 13.1 Å². The SMILES string of the molecule is Nc1nc(NC2CCCS(=O)(=O)C2)nc(-n2cccn2)n1. The van der Waals surface area contributed by atoms with Crippen molar-refractivity contribution in [2.45, 2.75) is 18.9 Å². The Kier molecular flexibility index (Phi) is 3.45. The maximum absolute atomic E-state index is 11.6. The molecular weight excluding hydrogens is 294 g/mol. The van der Waals surface area contributed by atoms with Gasteiger partial charge in [0.2, 0.25) is 11.9 Å². The number of aromatic nitrogens is 5. The molecule has 1 aliphatic rings. The maximum Gasteiger partial charge on any atom is 0.257 e. The van der Waals surface area contributed by atoms with Crippen molar-refractivity contribution in [2.75, 3.05) is 22.6 Å². The van der Waals surface area contributed by atoms with Gasteiger partial charge in [0.1, 0.15) is 0 Å². The average Bonchev–Trinajstić information content (AvgIpc) is 2.90. The quantitative estimate of drug-likeness (QED) is 0.785. The second-order valence-electron chi connectivity index (χ2n) is 4.87. The molecule has 2 aromatic rings. The lowest BCUT2D eigenvalue weighted by atomic mass is 10.2. The molecule has 10 heteroatoms. The zero-order chi connectivity index (χ0) is 14.9. The van der Waals surface area contributed by atoms with Crippen LogP contribution in [0.25, 0.3) is 5.95 Å². The molecule has 1 aliphatic heterocycles. The Hall–Kier alpha value is -2.23. The van der Waals surface area contributed by atoms with Crippen LogP contribution in [0.3, 0.4) is 0 Å². The molecule has 0 aliphatic carbocycles. The summed E-state index contributed by atoms with van der Waals surface area (Å²) in [5.41, 5.74) is 5.66. The van der Waals surface area contributed by atoms with Crippen LogP contribution in [0.5, 0.6) is 0 Å². The fourth-order valence-electron chi connectivity index (χ4n) is 2.25. The van der Waals surface area contributed by atoms with Crippen LogP contribution in [0.2, 0.25) is 0 Å². The number of nitrogen functional groups attached to an aromatic ring is 1. The first-order valence-corrected chi connectivity index (χ1v) is 8.32. The third-order valence-corrected chi connectivity index (χ3v) is 4.97. The van der Waals surface area contributed by atoms with Crippen molar-refractivity contribution >= 4 is 21.7 Å². The second-order valence-corrected chi connectivity index (χ2v) is 7.09. The molecule has 21 heavy (non-hydrogen) atoms. The van der Waals surface area contributed by atoms with Crippen LogP contribution in [-0.4, -0.2) is 50.7 Å². The van der Waals surface area contributed by atoms with Crippen LogP contribution in [-0.2, 0) is 9.84 Å². The third-order valence-electron chi connectivity index (χ3n) is 3.15. The minimum absolute atomic E-state index is 0.0525. The number of hydrogen-bond acceptors (Lipinski definition) is 8. The summed E-state index contributed by atoms with van der Waals surface area (Å²) in [4.78, 5) is 12.2. The van der Waals surface area contributed by atoms with E-state index in [1.165, 1.54) is 4.68 Å². The molecule has 1 saturated heterocycles. The third kappa shape index (κ3) is 3.27. The first-order chi connectivity index (χ1) is 10.0. The Morgan fingerprint density at radius 1 is 1.33 bits per heavy atom. The molecule has 9 nitrogen and oxygen atoms in total. The molecule has 3 heterocycles. The Morgan fingerprint density at radius 3 is 2.90 bits per heavy atom. The summed E-state index contributed by atoms with van der Waals surface area (Å²) < 4.78 is 24.7. The van der Waals surface area contributed by atoms with E-state index in [1.807, 2.05) is 0 Å². The standard InChI is InChI=1S/C11H15N7O2S/c12-9-15-10(14-8-3-1-6-21(19,20)7-8)17-11(16-9)18-5-2-4-13-18/h2,4-5,8H,1,3,6-7H2,(H3,12,14,15,16,17). The highest BCUT2D eigenvalue weighted by atomic mass is 32.2. The number of nitrogens with one attached hydrogen (secondary N) is 1. The number of anilines is 2. The molecule has 2 aromatic heterocycles. The fourth-order valence-corrected chi connectivity index (χ4v) is 3.89.